The number of hydrogen-bond donors (Lipinski definition) is 0. The molecule has 0 aromatic rings. The molecule has 0 spiro atoms. The van der Waals surface area contributed by atoms with Crippen molar-refractivity contribution in [2.45, 2.75) is 6.10 Å². The van der Waals surface area contributed by atoms with Gasteiger partial charge in [0.05, 0.1) is 17.8 Å². The molecule has 0 atom stereocenters. The van der Waals surface area contributed by atoms with Gasteiger partial charge in [-0.25, -0.2) is 8.42 Å². The summed E-state index contributed by atoms with van der Waals surface area (Å²) >= 11 is 0. The molecule has 0 unspecified atom stereocenters. The highest BCUT2D eigenvalue weighted by atomic mass is 32.2. The van der Waals surface area contributed by atoms with Crippen LogP contribution in [0.15, 0.2) is 0 Å². The number of hydrogen-bond acceptors (Lipinski definition) is 5. The third-order valence-electron chi connectivity index (χ3n) is 1.19. The van der Waals surface area contributed by atoms with Crippen molar-refractivity contribution in [3.8, 4) is 0 Å². The Balaban J connectivity index is 2.48. The minimum atomic E-state index is -3.50. The quantitative estimate of drug-likeness (QED) is 0.521. The minimum Gasteiger partial charge on any atom is -0.265 e. The Hall–Kier alpha value is -0.140. The van der Waals surface area contributed by atoms with Crippen molar-refractivity contribution in [3.63, 3.8) is 0 Å². The molecule has 0 amide bonds. The van der Waals surface area contributed by atoms with Gasteiger partial charge in [0, 0.05) is 0 Å². The molecule has 1 heterocycles. The fourth-order valence-corrected chi connectivity index (χ4v) is 2.79. The van der Waals surface area contributed by atoms with Crippen LogP contribution in [0.4, 0.5) is 0 Å². The van der Waals surface area contributed by atoms with E-state index >= 15 is 0 Å². The van der Waals surface area contributed by atoms with Crippen molar-refractivity contribution in [2.24, 2.45) is 0 Å². The van der Waals surface area contributed by atoms with E-state index in [1.165, 1.54) is 0 Å². The van der Waals surface area contributed by atoms with Gasteiger partial charge < -0.3 is 0 Å². The standard InChI is InChI=1S/C4H8O5S2/c1-10(5,6)9-4-2-11(7,8)3-4/h4H,2-3H2,1H3. The van der Waals surface area contributed by atoms with Crippen molar-refractivity contribution >= 4 is 20.0 Å². The third kappa shape index (κ3) is 2.76. The fraction of sp³-hybridized carbons (Fsp3) is 1.00. The first kappa shape index (κ1) is 8.95. The SMILES string of the molecule is CS(=O)(=O)OC1CS(=O)(=O)C1. The third-order valence-corrected chi connectivity index (χ3v) is 3.57. The topological polar surface area (TPSA) is 77.5 Å². The van der Waals surface area contributed by atoms with Crippen molar-refractivity contribution in [1.29, 1.82) is 0 Å². The molecule has 7 heteroatoms. The van der Waals surface area contributed by atoms with E-state index in [0.717, 1.165) is 6.26 Å². The van der Waals surface area contributed by atoms with Gasteiger partial charge in [-0.15, -0.1) is 0 Å². The van der Waals surface area contributed by atoms with Crippen LogP contribution in [0.2, 0.25) is 0 Å². The summed E-state index contributed by atoms with van der Waals surface area (Å²) in [6.45, 7) is 0. The van der Waals surface area contributed by atoms with E-state index in [-0.39, 0.29) is 11.5 Å². The molecule has 0 aliphatic carbocycles. The van der Waals surface area contributed by atoms with Crippen LogP contribution in [-0.2, 0) is 24.1 Å². The van der Waals surface area contributed by atoms with E-state index in [9.17, 15) is 16.8 Å². The second-order valence-electron chi connectivity index (χ2n) is 2.50. The van der Waals surface area contributed by atoms with Gasteiger partial charge in [-0.1, -0.05) is 0 Å². The van der Waals surface area contributed by atoms with Gasteiger partial charge in [0.15, 0.2) is 9.84 Å². The normalized spacial score (nSPS) is 24.5. The zero-order valence-corrected chi connectivity index (χ0v) is 7.48. The average Bonchev–Trinajstić information content (AvgIpc) is 1.53. The minimum absolute atomic E-state index is 0.180. The molecule has 5 nitrogen and oxygen atoms in total. The smallest absolute Gasteiger partial charge is 0.264 e. The van der Waals surface area contributed by atoms with Crippen molar-refractivity contribution in [1.82, 2.24) is 0 Å². The molecular weight excluding hydrogens is 192 g/mol. The van der Waals surface area contributed by atoms with Gasteiger partial charge in [0.2, 0.25) is 0 Å². The van der Waals surface area contributed by atoms with E-state index in [1.54, 1.807) is 0 Å². The lowest BCUT2D eigenvalue weighted by Gasteiger charge is -2.23. The fourth-order valence-electron chi connectivity index (χ4n) is 0.820. The number of rotatable bonds is 2. The van der Waals surface area contributed by atoms with E-state index < -0.39 is 26.1 Å². The maximum absolute atomic E-state index is 10.5. The number of sulfone groups is 1. The molecule has 0 saturated carbocycles. The Kier molecular flexibility index (Phi) is 1.97. The van der Waals surface area contributed by atoms with Crippen LogP contribution in [0.1, 0.15) is 0 Å². The monoisotopic (exact) mass is 200 g/mol. The molecule has 1 fully saturated rings. The largest absolute Gasteiger partial charge is 0.265 e. The Morgan fingerprint density at radius 3 is 2.09 bits per heavy atom. The molecule has 0 aromatic heterocycles. The van der Waals surface area contributed by atoms with Crippen LogP contribution >= 0.6 is 0 Å². The molecule has 1 aliphatic heterocycles. The second kappa shape index (κ2) is 2.43. The second-order valence-corrected chi connectivity index (χ2v) is 6.25. The highest BCUT2D eigenvalue weighted by molar-refractivity contribution is 7.93. The zero-order valence-electron chi connectivity index (χ0n) is 5.85. The van der Waals surface area contributed by atoms with Crippen LogP contribution < -0.4 is 0 Å². The van der Waals surface area contributed by atoms with Crippen LogP contribution in [0.3, 0.4) is 0 Å². The molecule has 0 aromatic carbocycles. The van der Waals surface area contributed by atoms with Gasteiger partial charge in [-0.3, -0.25) is 4.18 Å². The van der Waals surface area contributed by atoms with Gasteiger partial charge in [-0.2, -0.15) is 8.42 Å². The van der Waals surface area contributed by atoms with Gasteiger partial charge in [-0.05, 0) is 0 Å². The van der Waals surface area contributed by atoms with Gasteiger partial charge in [0.1, 0.15) is 6.10 Å². The van der Waals surface area contributed by atoms with Gasteiger partial charge in [0.25, 0.3) is 10.1 Å². The first-order valence-corrected chi connectivity index (χ1v) is 6.51. The van der Waals surface area contributed by atoms with Gasteiger partial charge >= 0.3 is 0 Å². The van der Waals surface area contributed by atoms with E-state index in [4.69, 9.17) is 0 Å². The molecule has 1 saturated heterocycles. The van der Waals surface area contributed by atoms with Crippen molar-refractivity contribution in [2.75, 3.05) is 17.8 Å². The Labute approximate surface area is 65.4 Å². The van der Waals surface area contributed by atoms with Crippen LogP contribution in [0.5, 0.6) is 0 Å². The molecule has 1 rings (SSSR count). The van der Waals surface area contributed by atoms with E-state index in [2.05, 4.69) is 4.18 Å². The van der Waals surface area contributed by atoms with E-state index in [0.29, 0.717) is 0 Å². The summed E-state index contributed by atoms with van der Waals surface area (Å²) in [5.74, 6) is -0.361. The highest BCUT2D eigenvalue weighted by Crippen LogP contribution is 2.15. The van der Waals surface area contributed by atoms with Crippen LogP contribution in [-0.4, -0.2) is 40.7 Å². The molecular formula is C4H8O5S2. The Morgan fingerprint density at radius 2 is 1.82 bits per heavy atom. The summed E-state index contributed by atoms with van der Waals surface area (Å²) in [5, 5.41) is 0. The first-order chi connectivity index (χ1) is 4.79. The molecule has 0 radical (unpaired) electrons. The summed E-state index contributed by atoms with van der Waals surface area (Å²) in [4.78, 5) is 0. The predicted molar refractivity (Wildman–Crippen MR) is 38.4 cm³/mol. The highest BCUT2D eigenvalue weighted by Gasteiger charge is 2.36. The zero-order chi connectivity index (χ0) is 8.70. The lowest BCUT2D eigenvalue weighted by Crippen LogP contribution is -2.44. The summed E-state index contributed by atoms with van der Waals surface area (Å²) in [5.41, 5.74) is 0. The molecule has 0 bridgehead atoms. The summed E-state index contributed by atoms with van der Waals surface area (Å²) in [6, 6.07) is 0. The van der Waals surface area contributed by atoms with Crippen molar-refractivity contribution < 1.29 is 21.0 Å². The van der Waals surface area contributed by atoms with Crippen molar-refractivity contribution in [3.05, 3.63) is 0 Å². The maximum atomic E-state index is 10.5. The molecule has 66 valence electrons. The summed E-state index contributed by atoms with van der Waals surface area (Å²) in [6.07, 6.45) is 0.243. The van der Waals surface area contributed by atoms with E-state index in [1.807, 2.05) is 0 Å². The lowest BCUT2D eigenvalue weighted by molar-refractivity contribution is 0.240. The molecule has 0 N–H and O–H groups in total. The van der Waals surface area contributed by atoms with Crippen LogP contribution in [0, 0.1) is 0 Å². The Bertz CT molecular complexity index is 325. The lowest BCUT2D eigenvalue weighted by atomic mass is 10.5. The molecule has 1 aliphatic rings. The first-order valence-electron chi connectivity index (χ1n) is 2.87. The molecule has 11 heavy (non-hydrogen) atoms. The summed E-state index contributed by atoms with van der Waals surface area (Å²) in [7, 11) is -6.49. The average molecular weight is 200 g/mol. The summed E-state index contributed by atoms with van der Waals surface area (Å²) < 4.78 is 46.3. The maximum Gasteiger partial charge on any atom is 0.264 e. The van der Waals surface area contributed by atoms with Crippen LogP contribution in [0.25, 0.3) is 0 Å². The Morgan fingerprint density at radius 1 is 1.36 bits per heavy atom. The predicted octanol–water partition coefficient (Wildman–Crippen LogP) is -1.24.